The van der Waals surface area contributed by atoms with Gasteiger partial charge in [0.25, 0.3) is 5.91 Å². The monoisotopic (exact) mass is 303 g/mol. The van der Waals surface area contributed by atoms with Gasteiger partial charge in [-0.05, 0) is 36.4 Å². The molecule has 0 atom stereocenters. The van der Waals surface area contributed by atoms with E-state index in [-0.39, 0.29) is 18.4 Å². The maximum Gasteiger partial charge on any atom is 0.254 e. The Hall–Kier alpha value is -2.40. The Kier molecular flexibility index (Phi) is 4.90. The molecule has 0 fully saturated rings. The van der Waals surface area contributed by atoms with Gasteiger partial charge in [0, 0.05) is 35.7 Å². The van der Waals surface area contributed by atoms with E-state index in [0.29, 0.717) is 16.3 Å². The highest BCUT2D eigenvalue weighted by atomic mass is 35.5. The molecule has 0 aliphatic rings. The molecule has 0 bridgehead atoms. The Balaban J connectivity index is 1.93. The average molecular weight is 304 g/mol. The van der Waals surface area contributed by atoms with E-state index >= 15 is 0 Å². The molecule has 0 saturated heterocycles. The molecular formula is C15H14ClN3O2. The van der Waals surface area contributed by atoms with Gasteiger partial charge >= 0.3 is 0 Å². The van der Waals surface area contributed by atoms with Crippen molar-refractivity contribution in [2.75, 3.05) is 18.9 Å². The number of pyridine rings is 1. The van der Waals surface area contributed by atoms with Crippen LogP contribution >= 0.6 is 11.6 Å². The van der Waals surface area contributed by atoms with E-state index in [2.05, 4.69) is 10.3 Å². The first-order valence-electron chi connectivity index (χ1n) is 6.27. The quantitative estimate of drug-likeness (QED) is 0.943. The maximum atomic E-state index is 12.1. The lowest BCUT2D eigenvalue weighted by atomic mass is 10.2. The lowest BCUT2D eigenvalue weighted by Gasteiger charge is -2.16. The van der Waals surface area contributed by atoms with Gasteiger partial charge in [-0.25, -0.2) is 0 Å². The molecule has 0 unspecified atom stereocenters. The minimum atomic E-state index is -0.276. The van der Waals surface area contributed by atoms with Crippen molar-refractivity contribution in [1.82, 2.24) is 9.88 Å². The number of aromatic nitrogens is 1. The molecule has 0 aliphatic carbocycles. The molecule has 0 aliphatic heterocycles. The van der Waals surface area contributed by atoms with Crippen molar-refractivity contribution < 1.29 is 9.59 Å². The van der Waals surface area contributed by atoms with Crippen LogP contribution < -0.4 is 5.32 Å². The second kappa shape index (κ2) is 6.85. The van der Waals surface area contributed by atoms with Gasteiger partial charge < -0.3 is 10.2 Å². The highest BCUT2D eigenvalue weighted by Crippen LogP contribution is 2.13. The van der Waals surface area contributed by atoms with Crippen molar-refractivity contribution in [3.8, 4) is 0 Å². The van der Waals surface area contributed by atoms with E-state index in [1.807, 2.05) is 0 Å². The molecule has 108 valence electrons. The molecule has 2 aromatic rings. The van der Waals surface area contributed by atoms with Gasteiger partial charge in [-0.1, -0.05) is 11.6 Å². The number of anilines is 1. The van der Waals surface area contributed by atoms with Crippen molar-refractivity contribution in [2.24, 2.45) is 0 Å². The summed E-state index contributed by atoms with van der Waals surface area (Å²) >= 11 is 5.77. The molecule has 1 N–H and O–H groups in total. The Morgan fingerprint density at radius 1 is 1.14 bits per heavy atom. The summed E-state index contributed by atoms with van der Waals surface area (Å²) in [4.78, 5) is 29.2. The highest BCUT2D eigenvalue weighted by Gasteiger charge is 2.14. The van der Waals surface area contributed by atoms with Crippen molar-refractivity contribution in [1.29, 1.82) is 0 Å². The molecule has 1 aromatic carbocycles. The van der Waals surface area contributed by atoms with Gasteiger partial charge in [0.1, 0.15) is 0 Å². The van der Waals surface area contributed by atoms with Gasteiger partial charge in [-0.15, -0.1) is 0 Å². The van der Waals surface area contributed by atoms with E-state index in [1.165, 1.54) is 17.3 Å². The maximum absolute atomic E-state index is 12.1. The predicted molar refractivity (Wildman–Crippen MR) is 81.3 cm³/mol. The van der Waals surface area contributed by atoms with Crippen LogP contribution in [0, 0.1) is 0 Å². The van der Waals surface area contributed by atoms with Crippen molar-refractivity contribution in [3.63, 3.8) is 0 Å². The van der Waals surface area contributed by atoms with Crippen molar-refractivity contribution >= 4 is 29.1 Å². The Morgan fingerprint density at radius 3 is 2.38 bits per heavy atom. The Morgan fingerprint density at radius 2 is 1.76 bits per heavy atom. The fourth-order valence-electron chi connectivity index (χ4n) is 1.74. The number of benzene rings is 1. The molecule has 1 aromatic heterocycles. The van der Waals surface area contributed by atoms with Gasteiger partial charge in [0.2, 0.25) is 5.91 Å². The number of nitrogens with zero attached hydrogens (tertiary/aromatic N) is 2. The number of carbonyl (C=O) groups excluding carboxylic acids is 2. The number of nitrogens with one attached hydrogen (secondary N) is 1. The molecular weight excluding hydrogens is 290 g/mol. The number of hydrogen-bond acceptors (Lipinski definition) is 3. The second-order valence-electron chi connectivity index (χ2n) is 4.45. The first-order valence-corrected chi connectivity index (χ1v) is 6.65. The molecule has 0 radical (unpaired) electrons. The Bertz CT molecular complexity index is 629. The third kappa shape index (κ3) is 4.29. The molecule has 6 heteroatoms. The summed E-state index contributed by atoms with van der Waals surface area (Å²) in [5.41, 5.74) is 1.13. The fourth-order valence-corrected chi connectivity index (χ4v) is 1.86. The van der Waals surface area contributed by atoms with Crippen LogP contribution in [-0.4, -0.2) is 35.3 Å². The highest BCUT2D eigenvalue weighted by molar-refractivity contribution is 6.30. The topological polar surface area (TPSA) is 62.3 Å². The average Bonchev–Trinajstić information content (AvgIpc) is 2.49. The molecule has 21 heavy (non-hydrogen) atoms. The molecule has 2 rings (SSSR count). The van der Waals surface area contributed by atoms with Crippen LogP contribution in [-0.2, 0) is 4.79 Å². The minimum absolute atomic E-state index is 0.0379. The molecule has 1 heterocycles. The number of hydrogen-bond donors (Lipinski definition) is 1. The normalized spacial score (nSPS) is 10.0. The number of likely N-dealkylation sites (N-methyl/N-ethyl adjacent to an activating group) is 1. The fraction of sp³-hybridized carbons (Fsp3) is 0.133. The third-order valence-corrected chi connectivity index (χ3v) is 3.03. The van der Waals surface area contributed by atoms with Crippen LogP contribution in [0.25, 0.3) is 0 Å². The summed E-state index contributed by atoms with van der Waals surface area (Å²) in [5, 5.41) is 3.30. The van der Waals surface area contributed by atoms with E-state index < -0.39 is 0 Å². The molecule has 0 saturated carbocycles. The van der Waals surface area contributed by atoms with Gasteiger partial charge in [-0.3, -0.25) is 14.6 Å². The largest absolute Gasteiger partial charge is 0.332 e. The number of amides is 2. The van der Waals surface area contributed by atoms with Crippen LogP contribution in [0.4, 0.5) is 5.69 Å². The summed E-state index contributed by atoms with van der Waals surface area (Å²) in [5.74, 6) is -0.508. The van der Waals surface area contributed by atoms with Crippen LogP contribution in [0.1, 0.15) is 10.4 Å². The number of carbonyl (C=O) groups is 2. The van der Waals surface area contributed by atoms with Crippen molar-refractivity contribution in [3.05, 3.63) is 59.4 Å². The van der Waals surface area contributed by atoms with E-state index in [9.17, 15) is 9.59 Å². The molecule has 5 nitrogen and oxygen atoms in total. The second-order valence-corrected chi connectivity index (χ2v) is 4.89. The van der Waals surface area contributed by atoms with E-state index in [1.54, 1.807) is 43.4 Å². The standard InChI is InChI=1S/C15H14ClN3O2/c1-19(15(21)11-6-8-17-9-7-11)10-14(20)18-13-4-2-12(16)3-5-13/h2-9H,10H2,1H3,(H,18,20). The number of rotatable bonds is 4. The third-order valence-electron chi connectivity index (χ3n) is 2.78. The number of halogens is 1. The van der Waals surface area contributed by atoms with Gasteiger partial charge in [-0.2, -0.15) is 0 Å². The zero-order valence-corrected chi connectivity index (χ0v) is 12.2. The summed E-state index contributed by atoms with van der Waals surface area (Å²) in [6.45, 7) is -0.0379. The van der Waals surface area contributed by atoms with E-state index in [0.717, 1.165) is 0 Å². The zero-order valence-electron chi connectivity index (χ0n) is 11.4. The van der Waals surface area contributed by atoms with Crippen molar-refractivity contribution in [2.45, 2.75) is 0 Å². The first kappa shape index (κ1) is 15.0. The molecule has 0 spiro atoms. The van der Waals surface area contributed by atoms with Crippen LogP contribution in [0.2, 0.25) is 5.02 Å². The predicted octanol–water partition coefficient (Wildman–Crippen LogP) is 2.45. The molecule has 2 amide bonds. The van der Waals surface area contributed by atoms with Gasteiger partial charge in [0.05, 0.1) is 6.54 Å². The first-order chi connectivity index (χ1) is 10.1. The summed E-state index contributed by atoms with van der Waals surface area (Å²) in [6, 6.07) is 9.98. The summed E-state index contributed by atoms with van der Waals surface area (Å²) in [7, 11) is 1.57. The van der Waals surface area contributed by atoms with Gasteiger partial charge in [0.15, 0.2) is 0 Å². The SMILES string of the molecule is CN(CC(=O)Nc1ccc(Cl)cc1)C(=O)c1ccncc1. The van der Waals surface area contributed by atoms with E-state index in [4.69, 9.17) is 11.6 Å². The Labute approximate surface area is 127 Å². The van der Waals surface area contributed by atoms with Crippen LogP contribution in [0.15, 0.2) is 48.8 Å². The smallest absolute Gasteiger partial charge is 0.254 e. The lowest BCUT2D eigenvalue weighted by molar-refractivity contribution is -0.116. The summed E-state index contributed by atoms with van der Waals surface area (Å²) in [6.07, 6.45) is 3.07. The summed E-state index contributed by atoms with van der Waals surface area (Å²) < 4.78 is 0. The van der Waals surface area contributed by atoms with Crippen LogP contribution in [0.3, 0.4) is 0 Å². The lowest BCUT2D eigenvalue weighted by Crippen LogP contribution is -2.34. The van der Waals surface area contributed by atoms with Crippen LogP contribution in [0.5, 0.6) is 0 Å². The minimum Gasteiger partial charge on any atom is -0.332 e. The zero-order chi connectivity index (χ0) is 15.2.